The van der Waals surface area contributed by atoms with Crippen LogP contribution in [0.2, 0.25) is 0 Å². The number of carbonyl (C=O) groups excluding carboxylic acids is 2. The van der Waals surface area contributed by atoms with Crippen LogP contribution in [0.5, 0.6) is 0 Å². The summed E-state index contributed by atoms with van der Waals surface area (Å²) in [4.78, 5) is 23.1. The maximum Gasteiger partial charge on any atom is 0.243 e. The van der Waals surface area contributed by atoms with Crippen LogP contribution in [0.3, 0.4) is 0 Å². The zero-order valence-electron chi connectivity index (χ0n) is 6.33. The van der Waals surface area contributed by atoms with Crippen molar-refractivity contribution in [2.24, 2.45) is 5.73 Å². The number of nitrogens with zero attached hydrogens (tertiary/aromatic N) is 1. The minimum absolute atomic E-state index is 0.0698. The molecule has 1 aliphatic heterocycles. The molecule has 0 aromatic rings. The van der Waals surface area contributed by atoms with Crippen LogP contribution < -0.4 is 11.1 Å². The molecule has 1 heterocycles. The Morgan fingerprint density at radius 1 is 1.64 bits per heavy atom. The summed E-state index contributed by atoms with van der Waals surface area (Å²) in [6.45, 7) is 1.83. The van der Waals surface area contributed by atoms with Gasteiger partial charge in [0.1, 0.15) is 6.54 Å². The first-order chi connectivity index (χ1) is 5.11. The van der Waals surface area contributed by atoms with E-state index < -0.39 is 0 Å². The Hall–Kier alpha value is -1.10. The first-order valence-corrected chi connectivity index (χ1v) is 3.43. The van der Waals surface area contributed by atoms with Gasteiger partial charge in [0.2, 0.25) is 11.8 Å². The number of nitrogens with one attached hydrogen (secondary N) is 1. The minimum atomic E-state index is -0.381. The van der Waals surface area contributed by atoms with Crippen LogP contribution in [0.4, 0.5) is 0 Å². The third kappa shape index (κ3) is 1.68. The van der Waals surface area contributed by atoms with Crippen molar-refractivity contribution in [3.8, 4) is 0 Å². The van der Waals surface area contributed by atoms with E-state index in [-0.39, 0.29) is 31.1 Å². The van der Waals surface area contributed by atoms with Gasteiger partial charge < -0.3 is 16.0 Å². The Morgan fingerprint density at radius 3 is 2.73 bits per heavy atom. The third-order valence-corrected chi connectivity index (χ3v) is 1.56. The summed E-state index contributed by atoms with van der Waals surface area (Å²) < 4.78 is 0. The second kappa shape index (κ2) is 2.87. The van der Waals surface area contributed by atoms with E-state index in [1.54, 1.807) is 6.92 Å². The van der Waals surface area contributed by atoms with E-state index in [1.807, 2.05) is 0 Å². The topological polar surface area (TPSA) is 75.4 Å². The largest absolute Gasteiger partial charge is 0.345 e. The Kier molecular flexibility index (Phi) is 2.09. The molecule has 3 N–H and O–H groups in total. The van der Waals surface area contributed by atoms with Crippen LogP contribution in [-0.4, -0.2) is 36.0 Å². The van der Waals surface area contributed by atoms with Gasteiger partial charge in [-0.15, -0.1) is 0 Å². The quantitative estimate of drug-likeness (QED) is 0.474. The first kappa shape index (κ1) is 8.00. The van der Waals surface area contributed by atoms with Crippen LogP contribution in [0.1, 0.15) is 6.92 Å². The lowest BCUT2D eigenvalue weighted by atomic mass is 10.3. The average molecular weight is 157 g/mol. The molecule has 0 saturated carbocycles. The molecular formula is C6H11N3O2. The monoisotopic (exact) mass is 157 g/mol. The van der Waals surface area contributed by atoms with Crippen molar-refractivity contribution in [3.63, 3.8) is 0 Å². The molecule has 0 bridgehead atoms. The first-order valence-electron chi connectivity index (χ1n) is 3.43. The molecule has 0 aliphatic carbocycles. The summed E-state index contributed by atoms with van der Waals surface area (Å²) in [5.41, 5.74) is 5.44. The van der Waals surface area contributed by atoms with Gasteiger partial charge in [-0.05, 0) is 6.92 Å². The zero-order valence-corrected chi connectivity index (χ0v) is 6.33. The average Bonchev–Trinajstić information content (AvgIpc) is 1.94. The van der Waals surface area contributed by atoms with Gasteiger partial charge >= 0.3 is 0 Å². The highest BCUT2D eigenvalue weighted by Crippen LogP contribution is 1.97. The molecule has 1 saturated heterocycles. The molecule has 1 unspecified atom stereocenters. The van der Waals surface area contributed by atoms with Crippen LogP contribution in [-0.2, 0) is 9.59 Å². The number of rotatable bonds is 1. The van der Waals surface area contributed by atoms with E-state index in [9.17, 15) is 9.59 Å². The number of hydrogen-bond acceptors (Lipinski definition) is 3. The van der Waals surface area contributed by atoms with Crippen molar-refractivity contribution in [1.29, 1.82) is 0 Å². The van der Waals surface area contributed by atoms with Crippen LogP contribution in [0.15, 0.2) is 0 Å². The van der Waals surface area contributed by atoms with Gasteiger partial charge in [0.15, 0.2) is 0 Å². The van der Waals surface area contributed by atoms with E-state index in [1.165, 1.54) is 4.90 Å². The molecule has 62 valence electrons. The fourth-order valence-electron chi connectivity index (χ4n) is 0.946. The highest BCUT2D eigenvalue weighted by Gasteiger charge is 2.24. The molecule has 0 radical (unpaired) electrons. The lowest BCUT2D eigenvalue weighted by molar-refractivity contribution is -0.142. The van der Waals surface area contributed by atoms with Gasteiger partial charge in [-0.3, -0.25) is 9.59 Å². The molecule has 5 heteroatoms. The fraction of sp³-hybridized carbons (Fsp3) is 0.667. The molecule has 0 aromatic heterocycles. The number of nitrogens with two attached hydrogens (primary N) is 1. The molecule has 11 heavy (non-hydrogen) atoms. The Balaban J connectivity index is 2.61. The molecule has 0 spiro atoms. The molecule has 1 aliphatic rings. The van der Waals surface area contributed by atoms with Gasteiger partial charge in [0, 0.05) is 0 Å². The molecule has 2 amide bonds. The second-order valence-corrected chi connectivity index (χ2v) is 2.54. The predicted octanol–water partition coefficient (Wildman–Crippen LogP) is -1.75. The molecule has 1 atom stereocenters. The van der Waals surface area contributed by atoms with E-state index in [0.717, 1.165) is 0 Å². The van der Waals surface area contributed by atoms with Crippen LogP contribution in [0, 0.1) is 0 Å². The number of piperazine rings is 1. The highest BCUT2D eigenvalue weighted by molar-refractivity contribution is 5.92. The van der Waals surface area contributed by atoms with E-state index >= 15 is 0 Å². The van der Waals surface area contributed by atoms with Crippen LogP contribution >= 0.6 is 0 Å². The number of amides is 2. The minimum Gasteiger partial charge on any atom is -0.345 e. The number of hydrogen-bond donors (Lipinski definition) is 2. The summed E-state index contributed by atoms with van der Waals surface area (Å²) >= 11 is 0. The molecule has 1 fully saturated rings. The van der Waals surface area contributed by atoms with Gasteiger partial charge in [-0.2, -0.15) is 0 Å². The Morgan fingerprint density at radius 2 is 2.27 bits per heavy atom. The summed E-state index contributed by atoms with van der Waals surface area (Å²) in [6, 6.07) is 0. The van der Waals surface area contributed by atoms with Crippen molar-refractivity contribution >= 4 is 11.8 Å². The molecule has 1 rings (SSSR count). The van der Waals surface area contributed by atoms with Gasteiger partial charge in [0.05, 0.1) is 12.7 Å². The van der Waals surface area contributed by atoms with Crippen molar-refractivity contribution in [2.75, 3.05) is 13.1 Å². The van der Waals surface area contributed by atoms with E-state index in [2.05, 4.69) is 5.32 Å². The zero-order chi connectivity index (χ0) is 8.43. The van der Waals surface area contributed by atoms with Gasteiger partial charge in [0.25, 0.3) is 0 Å². The lowest BCUT2D eigenvalue weighted by Gasteiger charge is -2.29. The smallest absolute Gasteiger partial charge is 0.243 e. The van der Waals surface area contributed by atoms with E-state index in [4.69, 9.17) is 5.73 Å². The second-order valence-electron chi connectivity index (χ2n) is 2.54. The van der Waals surface area contributed by atoms with Crippen molar-refractivity contribution in [1.82, 2.24) is 10.2 Å². The molecule has 5 nitrogen and oxygen atoms in total. The summed E-state index contributed by atoms with van der Waals surface area (Å²) in [5, 5.41) is 2.43. The normalized spacial score (nSPS) is 21.5. The maximum atomic E-state index is 11.0. The predicted molar refractivity (Wildman–Crippen MR) is 38.4 cm³/mol. The van der Waals surface area contributed by atoms with Crippen molar-refractivity contribution in [2.45, 2.75) is 13.1 Å². The maximum absolute atomic E-state index is 11.0. The van der Waals surface area contributed by atoms with Crippen LogP contribution in [0.25, 0.3) is 0 Å². The Labute approximate surface area is 64.5 Å². The summed E-state index contributed by atoms with van der Waals surface area (Å²) in [5.74, 6) is -0.276. The Bertz CT molecular complexity index is 190. The van der Waals surface area contributed by atoms with Crippen molar-refractivity contribution < 1.29 is 9.59 Å². The summed E-state index contributed by atoms with van der Waals surface area (Å²) in [7, 11) is 0. The molecule has 0 aromatic carbocycles. The third-order valence-electron chi connectivity index (χ3n) is 1.56. The fourth-order valence-corrected chi connectivity index (χ4v) is 0.946. The highest BCUT2D eigenvalue weighted by atomic mass is 16.2. The molecular weight excluding hydrogens is 146 g/mol. The lowest BCUT2D eigenvalue weighted by Crippen LogP contribution is -2.56. The SMILES string of the molecule is CC(N)N1CC(=O)NCC1=O. The van der Waals surface area contributed by atoms with Gasteiger partial charge in [-0.1, -0.05) is 0 Å². The van der Waals surface area contributed by atoms with Gasteiger partial charge in [-0.25, -0.2) is 0 Å². The standard InChI is InChI=1S/C6H11N3O2/c1-4(7)9-3-5(10)8-2-6(9)11/h4H,2-3,7H2,1H3,(H,8,10). The summed E-state index contributed by atoms with van der Waals surface area (Å²) in [6.07, 6.45) is -0.381. The van der Waals surface area contributed by atoms with E-state index in [0.29, 0.717) is 0 Å². The van der Waals surface area contributed by atoms with Crippen molar-refractivity contribution in [3.05, 3.63) is 0 Å². The number of carbonyl (C=O) groups is 2.